The predicted molar refractivity (Wildman–Crippen MR) is 47.7 cm³/mol. The van der Waals surface area contributed by atoms with Gasteiger partial charge in [-0.25, -0.2) is 0 Å². The SMILES string of the molecule is C=CC(C)OC1OC1NC(C)C. The molecular formula is C9H17NO2. The lowest BCUT2D eigenvalue weighted by Gasteiger charge is -2.06. The Bertz CT molecular complexity index is 159. The first-order valence-electron chi connectivity index (χ1n) is 4.33. The topological polar surface area (TPSA) is 33.8 Å². The van der Waals surface area contributed by atoms with Gasteiger partial charge in [0.05, 0.1) is 6.10 Å². The van der Waals surface area contributed by atoms with Crippen LogP contribution in [0.25, 0.3) is 0 Å². The monoisotopic (exact) mass is 171 g/mol. The molecule has 0 aromatic heterocycles. The van der Waals surface area contributed by atoms with Crippen LogP contribution in [-0.4, -0.2) is 24.7 Å². The average molecular weight is 171 g/mol. The molecule has 1 fully saturated rings. The standard InChI is InChI=1S/C9H17NO2/c1-5-7(4)11-9-8(12-9)10-6(2)3/h5-10H,1H2,2-4H3. The fourth-order valence-corrected chi connectivity index (χ4v) is 0.916. The van der Waals surface area contributed by atoms with E-state index in [1.54, 1.807) is 6.08 Å². The van der Waals surface area contributed by atoms with Crippen LogP contribution in [0.4, 0.5) is 0 Å². The summed E-state index contributed by atoms with van der Waals surface area (Å²) in [7, 11) is 0. The highest BCUT2D eigenvalue weighted by atomic mass is 16.8. The maximum absolute atomic E-state index is 5.42. The number of rotatable bonds is 5. The Morgan fingerprint density at radius 3 is 2.67 bits per heavy atom. The van der Waals surface area contributed by atoms with Gasteiger partial charge in [-0.3, -0.25) is 5.32 Å². The molecular weight excluding hydrogens is 154 g/mol. The average Bonchev–Trinajstić information content (AvgIpc) is 2.66. The third kappa shape index (κ3) is 2.93. The van der Waals surface area contributed by atoms with Crippen LogP contribution >= 0.6 is 0 Å². The molecule has 1 aliphatic rings. The lowest BCUT2D eigenvalue weighted by molar-refractivity contribution is 0.0220. The van der Waals surface area contributed by atoms with Crippen LogP contribution in [0.15, 0.2) is 12.7 Å². The van der Waals surface area contributed by atoms with E-state index in [0.717, 1.165) is 0 Å². The van der Waals surface area contributed by atoms with Crippen molar-refractivity contribution in [3.8, 4) is 0 Å². The minimum atomic E-state index is -0.0830. The van der Waals surface area contributed by atoms with Gasteiger partial charge in [-0.15, -0.1) is 6.58 Å². The zero-order chi connectivity index (χ0) is 9.14. The van der Waals surface area contributed by atoms with Crippen LogP contribution in [0.1, 0.15) is 20.8 Å². The summed E-state index contributed by atoms with van der Waals surface area (Å²) in [5.41, 5.74) is 0. The van der Waals surface area contributed by atoms with Gasteiger partial charge in [-0.1, -0.05) is 6.08 Å². The predicted octanol–water partition coefficient (Wildman–Crippen LogP) is 1.26. The van der Waals surface area contributed by atoms with E-state index in [1.165, 1.54) is 0 Å². The van der Waals surface area contributed by atoms with E-state index in [4.69, 9.17) is 9.47 Å². The smallest absolute Gasteiger partial charge is 0.200 e. The maximum atomic E-state index is 5.42. The summed E-state index contributed by atoms with van der Waals surface area (Å²) < 4.78 is 10.6. The fourth-order valence-electron chi connectivity index (χ4n) is 0.916. The van der Waals surface area contributed by atoms with Crippen molar-refractivity contribution in [1.29, 1.82) is 0 Å². The molecule has 1 aliphatic heterocycles. The molecule has 3 heteroatoms. The number of epoxide rings is 1. The summed E-state index contributed by atoms with van der Waals surface area (Å²) >= 11 is 0. The minimum absolute atomic E-state index is 0.0639. The second kappa shape index (κ2) is 4.03. The lowest BCUT2D eigenvalue weighted by atomic mass is 10.4. The van der Waals surface area contributed by atoms with Crippen LogP contribution in [0.3, 0.4) is 0 Å². The highest BCUT2D eigenvalue weighted by molar-refractivity contribution is 4.82. The third-order valence-corrected chi connectivity index (χ3v) is 1.63. The Kier molecular flexibility index (Phi) is 3.26. The van der Waals surface area contributed by atoms with Gasteiger partial charge >= 0.3 is 0 Å². The first-order chi connectivity index (χ1) is 5.63. The first kappa shape index (κ1) is 9.71. The van der Waals surface area contributed by atoms with Crippen molar-refractivity contribution in [2.24, 2.45) is 0 Å². The molecule has 0 spiro atoms. The Hall–Kier alpha value is -0.380. The summed E-state index contributed by atoms with van der Waals surface area (Å²) in [4.78, 5) is 0. The summed E-state index contributed by atoms with van der Waals surface area (Å²) in [6, 6.07) is 0.433. The Labute approximate surface area is 73.7 Å². The molecule has 3 atom stereocenters. The normalized spacial score (nSPS) is 30.3. The van der Waals surface area contributed by atoms with E-state index in [-0.39, 0.29) is 18.6 Å². The molecule has 70 valence electrons. The molecule has 0 amide bonds. The highest BCUT2D eigenvalue weighted by Crippen LogP contribution is 2.22. The highest BCUT2D eigenvalue weighted by Gasteiger charge is 2.40. The molecule has 0 radical (unpaired) electrons. The Balaban J connectivity index is 2.11. The number of hydrogen-bond acceptors (Lipinski definition) is 3. The first-order valence-corrected chi connectivity index (χ1v) is 4.33. The van der Waals surface area contributed by atoms with Crippen LogP contribution in [-0.2, 0) is 9.47 Å². The van der Waals surface area contributed by atoms with Crippen molar-refractivity contribution >= 4 is 0 Å². The fraction of sp³-hybridized carbons (Fsp3) is 0.778. The minimum Gasteiger partial charge on any atom is -0.342 e. The van der Waals surface area contributed by atoms with Gasteiger partial charge in [0.1, 0.15) is 0 Å². The van der Waals surface area contributed by atoms with E-state index in [0.29, 0.717) is 6.04 Å². The van der Waals surface area contributed by atoms with Crippen molar-refractivity contribution in [1.82, 2.24) is 5.32 Å². The summed E-state index contributed by atoms with van der Waals surface area (Å²) in [5, 5.41) is 3.21. The van der Waals surface area contributed by atoms with Crippen LogP contribution in [0, 0.1) is 0 Å². The largest absolute Gasteiger partial charge is 0.342 e. The molecule has 3 unspecified atom stereocenters. The van der Waals surface area contributed by atoms with Gasteiger partial charge in [-0.2, -0.15) is 0 Å². The summed E-state index contributed by atoms with van der Waals surface area (Å²) in [6.45, 7) is 9.73. The maximum Gasteiger partial charge on any atom is 0.200 e. The van der Waals surface area contributed by atoms with Crippen molar-refractivity contribution in [2.75, 3.05) is 0 Å². The van der Waals surface area contributed by atoms with Crippen LogP contribution < -0.4 is 5.32 Å². The van der Waals surface area contributed by atoms with Gasteiger partial charge in [0, 0.05) is 6.04 Å². The molecule has 0 aromatic rings. The molecule has 1 N–H and O–H groups in total. The molecule has 0 aromatic carbocycles. The molecule has 12 heavy (non-hydrogen) atoms. The van der Waals surface area contributed by atoms with Gasteiger partial charge in [0.25, 0.3) is 0 Å². The van der Waals surface area contributed by atoms with Crippen molar-refractivity contribution in [3.05, 3.63) is 12.7 Å². The van der Waals surface area contributed by atoms with Gasteiger partial charge < -0.3 is 9.47 Å². The summed E-state index contributed by atoms with van der Waals surface area (Å²) in [5.74, 6) is 0. The van der Waals surface area contributed by atoms with Crippen LogP contribution in [0.2, 0.25) is 0 Å². The van der Waals surface area contributed by atoms with Gasteiger partial charge in [-0.05, 0) is 20.8 Å². The lowest BCUT2D eigenvalue weighted by Crippen LogP contribution is -2.28. The molecule has 1 heterocycles. The molecule has 0 aliphatic carbocycles. The number of nitrogens with one attached hydrogen (secondary N) is 1. The van der Waals surface area contributed by atoms with E-state index >= 15 is 0 Å². The van der Waals surface area contributed by atoms with Crippen molar-refractivity contribution in [3.63, 3.8) is 0 Å². The zero-order valence-electron chi connectivity index (χ0n) is 7.91. The van der Waals surface area contributed by atoms with E-state index in [9.17, 15) is 0 Å². The van der Waals surface area contributed by atoms with Crippen LogP contribution in [0.5, 0.6) is 0 Å². The summed E-state index contributed by atoms with van der Waals surface area (Å²) in [6.07, 6.45) is 1.82. The zero-order valence-corrected chi connectivity index (χ0v) is 7.91. The number of hydrogen-bond donors (Lipinski definition) is 1. The van der Waals surface area contributed by atoms with Gasteiger partial charge in [0.15, 0.2) is 12.5 Å². The second-order valence-corrected chi connectivity index (χ2v) is 3.32. The molecule has 1 rings (SSSR count). The van der Waals surface area contributed by atoms with Crippen molar-refractivity contribution in [2.45, 2.75) is 45.4 Å². The van der Waals surface area contributed by atoms with Gasteiger partial charge in [0.2, 0.25) is 0 Å². The molecule has 1 saturated heterocycles. The Morgan fingerprint density at radius 1 is 1.50 bits per heavy atom. The number of ether oxygens (including phenoxy) is 2. The van der Waals surface area contributed by atoms with Crippen molar-refractivity contribution < 1.29 is 9.47 Å². The third-order valence-electron chi connectivity index (χ3n) is 1.63. The molecule has 0 saturated carbocycles. The second-order valence-electron chi connectivity index (χ2n) is 3.32. The van der Waals surface area contributed by atoms with E-state index in [2.05, 4.69) is 25.7 Å². The van der Waals surface area contributed by atoms with E-state index in [1.807, 2.05) is 6.92 Å². The molecule has 3 nitrogen and oxygen atoms in total. The molecule has 0 bridgehead atoms. The quantitative estimate of drug-likeness (QED) is 0.499. The van der Waals surface area contributed by atoms with E-state index < -0.39 is 0 Å². The Morgan fingerprint density at radius 2 is 2.17 bits per heavy atom.